The molecule has 0 spiro atoms. The Labute approximate surface area is 379 Å². The number of hydrogen-bond donors (Lipinski definition) is 0. The molecule has 0 fully saturated rings. The monoisotopic (exact) mass is 826 g/mol. The van der Waals surface area contributed by atoms with Crippen LogP contribution in [0.15, 0.2) is 152 Å². The van der Waals surface area contributed by atoms with Gasteiger partial charge in [0.15, 0.2) is 0 Å². The van der Waals surface area contributed by atoms with E-state index in [9.17, 15) is 0 Å². The Bertz CT molecular complexity index is 2860. The van der Waals surface area contributed by atoms with Gasteiger partial charge >= 0.3 is 0 Å². The quantitative estimate of drug-likeness (QED) is 0.167. The molecule has 9 rings (SSSR count). The average Bonchev–Trinajstić information content (AvgIpc) is 3.67. The van der Waals surface area contributed by atoms with Gasteiger partial charge in [-0.1, -0.05) is 212 Å². The zero-order valence-corrected chi connectivity index (χ0v) is 40.4. The molecule has 0 atom stereocenters. The first-order valence-corrected chi connectivity index (χ1v) is 23.2. The maximum Gasteiger partial charge on any atom is 0.0467 e. The number of anilines is 3. The Morgan fingerprint density at radius 2 is 0.857 bits per heavy atom. The van der Waals surface area contributed by atoms with E-state index >= 15 is 0 Å². The summed E-state index contributed by atoms with van der Waals surface area (Å²) in [6.45, 7) is 33.9. The number of nitrogens with zero attached hydrogens (tertiary/aromatic N) is 1. The third-order valence-corrected chi connectivity index (χ3v) is 14.6. The van der Waals surface area contributed by atoms with Gasteiger partial charge < -0.3 is 4.90 Å². The van der Waals surface area contributed by atoms with Crippen molar-refractivity contribution >= 4 is 17.1 Å². The fraction of sp³-hybridized carbons (Fsp3) is 0.323. The minimum absolute atomic E-state index is 0.00319. The lowest BCUT2D eigenvalue weighted by Gasteiger charge is -2.54. The number of rotatable bonds is 5. The summed E-state index contributed by atoms with van der Waals surface area (Å²) < 4.78 is 0. The highest BCUT2D eigenvalue weighted by atomic mass is 15.1. The van der Waals surface area contributed by atoms with Gasteiger partial charge in [0.25, 0.3) is 0 Å². The molecule has 0 saturated carbocycles. The van der Waals surface area contributed by atoms with Gasteiger partial charge in [-0.2, -0.15) is 0 Å². The van der Waals surface area contributed by atoms with Gasteiger partial charge in [-0.3, -0.25) is 0 Å². The van der Waals surface area contributed by atoms with Crippen LogP contribution in [0.2, 0.25) is 0 Å². The minimum Gasteiger partial charge on any atom is -0.310 e. The van der Waals surface area contributed by atoms with Crippen LogP contribution in [-0.2, 0) is 21.7 Å². The van der Waals surface area contributed by atoms with Crippen molar-refractivity contribution in [2.24, 2.45) is 10.8 Å². The van der Waals surface area contributed by atoms with E-state index in [0.29, 0.717) is 0 Å². The second-order valence-corrected chi connectivity index (χ2v) is 23.1. The standard InChI is InChI=1S/C62H67N/c1-57(2,3)54-38-50-49-28-21-27-46(56(49)62(59(7,8)9,60(10,11)12)53(50)39-55(54)58(4,5)6)42-24-20-25-44(36-42)63(43-32-30-41(31-33-43)40-22-16-15-17-23-40)45-34-35-48-47-26-18-19-29-51(47)61(13,14)52(48)37-45/h15-39H,1-14H3. The summed E-state index contributed by atoms with van der Waals surface area (Å²) in [6, 6.07) is 57.6. The Morgan fingerprint density at radius 1 is 0.349 bits per heavy atom. The van der Waals surface area contributed by atoms with Crippen molar-refractivity contribution in [3.8, 4) is 44.5 Å². The molecular formula is C62H67N. The lowest BCUT2D eigenvalue weighted by Crippen LogP contribution is -2.50. The molecule has 0 saturated heterocycles. The molecule has 2 aliphatic rings. The van der Waals surface area contributed by atoms with E-state index in [2.05, 4.69) is 253 Å². The van der Waals surface area contributed by atoms with Crippen LogP contribution in [0.4, 0.5) is 17.1 Å². The lowest BCUT2D eigenvalue weighted by molar-refractivity contribution is 0.0953. The maximum atomic E-state index is 2.64. The van der Waals surface area contributed by atoms with Crippen LogP contribution in [0.1, 0.15) is 130 Å². The molecule has 0 bridgehead atoms. The maximum absolute atomic E-state index is 2.64. The van der Waals surface area contributed by atoms with Gasteiger partial charge in [-0.15, -0.1) is 0 Å². The Kier molecular flexibility index (Phi) is 9.77. The predicted molar refractivity (Wildman–Crippen MR) is 272 cm³/mol. The molecule has 1 heteroatoms. The molecule has 2 aliphatic carbocycles. The van der Waals surface area contributed by atoms with E-state index in [1.807, 2.05) is 0 Å². The van der Waals surface area contributed by atoms with Crippen molar-refractivity contribution in [2.75, 3.05) is 4.90 Å². The molecule has 0 aromatic heterocycles. The summed E-state index contributed by atoms with van der Waals surface area (Å²) in [6.07, 6.45) is 0. The second-order valence-electron chi connectivity index (χ2n) is 23.1. The second kappa shape index (κ2) is 14.4. The number of fused-ring (bicyclic) bond motifs is 6. The minimum atomic E-state index is -0.290. The Morgan fingerprint density at radius 3 is 1.51 bits per heavy atom. The van der Waals surface area contributed by atoms with Gasteiger partial charge in [0.1, 0.15) is 0 Å². The molecule has 0 amide bonds. The number of benzene rings is 7. The van der Waals surface area contributed by atoms with Crippen LogP contribution in [0, 0.1) is 10.8 Å². The van der Waals surface area contributed by atoms with Crippen LogP contribution >= 0.6 is 0 Å². The van der Waals surface area contributed by atoms with Crippen LogP contribution in [0.25, 0.3) is 44.5 Å². The SMILES string of the molecule is CC(C)(C)c1cc2c(cc1C(C)(C)C)C(C(C)(C)C)(C(C)(C)C)c1c(-c3cccc(N(c4ccc(-c5ccccc5)cc4)c4ccc5c(c4)C(C)(C)c4ccccc4-5)c3)cccc1-2. The van der Waals surface area contributed by atoms with Crippen molar-refractivity contribution in [1.29, 1.82) is 0 Å². The highest BCUT2D eigenvalue weighted by molar-refractivity contribution is 5.92. The average molecular weight is 826 g/mol. The molecule has 0 aliphatic heterocycles. The van der Waals surface area contributed by atoms with Crippen LogP contribution in [0.5, 0.6) is 0 Å². The molecule has 0 N–H and O–H groups in total. The summed E-state index contributed by atoms with van der Waals surface area (Å²) in [4.78, 5) is 2.47. The third kappa shape index (κ3) is 6.64. The van der Waals surface area contributed by atoms with E-state index in [-0.39, 0.29) is 32.5 Å². The van der Waals surface area contributed by atoms with E-state index in [1.54, 1.807) is 0 Å². The van der Waals surface area contributed by atoms with E-state index in [4.69, 9.17) is 0 Å². The van der Waals surface area contributed by atoms with Gasteiger partial charge in [-0.05, 0) is 136 Å². The van der Waals surface area contributed by atoms with Crippen LogP contribution in [0.3, 0.4) is 0 Å². The zero-order chi connectivity index (χ0) is 45.1. The van der Waals surface area contributed by atoms with Gasteiger partial charge in [0.05, 0.1) is 0 Å². The molecule has 7 aromatic carbocycles. The highest BCUT2D eigenvalue weighted by Crippen LogP contribution is 2.67. The first kappa shape index (κ1) is 42.6. The van der Waals surface area contributed by atoms with Crippen molar-refractivity contribution < 1.29 is 0 Å². The van der Waals surface area contributed by atoms with Crippen molar-refractivity contribution in [2.45, 2.75) is 119 Å². The molecule has 0 heterocycles. The lowest BCUT2D eigenvalue weighted by atomic mass is 9.49. The van der Waals surface area contributed by atoms with E-state index < -0.39 is 0 Å². The molecule has 0 radical (unpaired) electrons. The van der Waals surface area contributed by atoms with Crippen molar-refractivity contribution in [1.82, 2.24) is 0 Å². The van der Waals surface area contributed by atoms with Gasteiger partial charge in [0, 0.05) is 27.9 Å². The summed E-state index contributed by atoms with van der Waals surface area (Å²) in [5.74, 6) is 0. The van der Waals surface area contributed by atoms with Gasteiger partial charge in [-0.25, -0.2) is 0 Å². The van der Waals surface area contributed by atoms with Crippen molar-refractivity contribution in [3.05, 3.63) is 185 Å². The zero-order valence-electron chi connectivity index (χ0n) is 40.4. The summed E-state index contributed by atoms with van der Waals surface area (Å²) in [5.41, 5.74) is 21.8. The van der Waals surface area contributed by atoms with Crippen molar-refractivity contribution in [3.63, 3.8) is 0 Å². The largest absolute Gasteiger partial charge is 0.310 e. The first-order chi connectivity index (χ1) is 29.5. The summed E-state index contributed by atoms with van der Waals surface area (Å²) >= 11 is 0. The molecule has 320 valence electrons. The fourth-order valence-corrected chi connectivity index (χ4v) is 12.1. The summed E-state index contributed by atoms with van der Waals surface area (Å²) in [7, 11) is 0. The Balaban J connectivity index is 1.27. The highest BCUT2D eigenvalue weighted by Gasteiger charge is 2.59. The normalized spacial score (nSPS) is 15.1. The molecule has 1 nitrogen and oxygen atoms in total. The van der Waals surface area contributed by atoms with Gasteiger partial charge in [0.2, 0.25) is 0 Å². The molecule has 0 unspecified atom stereocenters. The van der Waals surface area contributed by atoms with Crippen LogP contribution in [-0.4, -0.2) is 0 Å². The Hall–Kier alpha value is -5.66. The molecular weight excluding hydrogens is 759 g/mol. The van der Waals surface area contributed by atoms with E-state index in [0.717, 1.165) is 17.1 Å². The predicted octanol–water partition coefficient (Wildman–Crippen LogP) is 17.8. The third-order valence-electron chi connectivity index (χ3n) is 14.6. The van der Waals surface area contributed by atoms with Crippen LogP contribution < -0.4 is 4.90 Å². The smallest absolute Gasteiger partial charge is 0.0467 e. The first-order valence-electron chi connectivity index (χ1n) is 23.2. The fourth-order valence-electron chi connectivity index (χ4n) is 12.1. The topological polar surface area (TPSA) is 3.24 Å². The molecule has 7 aromatic rings. The molecule has 63 heavy (non-hydrogen) atoms. The summed E-state index contributed by atoms with van der Waals surface area (Å²) in [5, 5.41) is 0. The number of hydrogen-bond acceptors (Lipinski definition) is 1. The van der Waals surface area contributed by atoms with E-state index in [1.165, 1.54) is 77.9 Å².